The molecule has 1 amide bonds. The first-order valence-corrected chi connectivity index (χ1v) is 12.5. The van der Waals surface area contributed by atoms with Crippen molar-refractivity contribution in [2.75, 3.05) is 14.2 Å². The Labute approximate surface area is 203 Å². The summed E-state index contributed by atoms with van der Waals surface area (Å²) in [5.41, 5.74) is 2.87. The molecule has 0 radical (unpaired) electrons. The van der Waals surface area contributed by atoms with E-state index in [1.54, 1.807) is 42.5 Å². The van der Waals surface area contributed by atoms with Crippen molar-refractivity contribution in [3.05, 3.63) is 89.2 Å². The van der Waals surface area contributed by atoms with Gasteiger partial charge in [0.1, 0.15) is 22.2 Å². The van der Waals surface area contributed by atoms with Crippen molar-refractivity contribution in [1.29, 1.82) is 0 Å². The zero-order chi connectivity index (χ0) is 25.2. The van der Waals surface area contributed by atoms with E-state index in [1.807, 2.05) is 0 Å². The van der Waals surface area contributed by atoms with Gasteiger partial charge in [-0.1, -0.05) is 36.4 Å². The Morgan fingerprint density at radius 2 is 1.71 bits per heavy atom. The van der Waals surface area contributed by atoms with Crippen LogP contribution in [0.5, 0.6) is 11.5 Å². The lowest BCUT2D eigenvalue weighted by atomic mass is 9.98. The Bertz CT molecular complexity index is 1370. The fourth-order valence-corrected chi connectivity index (χ4v) is 5.55. The van der Waals surface area contributed by atoms with Crippen LogP contribution in [0.1, 0.15) is 36.1 Å². The highest BCUT2D eigenvalue weighted by atomic mass is 32.2. The quantitative estimate of drug-likeness (QED) is 0.480. The van der Waals surface area contributed by atoms with Crippen LogP contribution in [0.15, 0.2) is 76.7 Å². The molecule has 0 aliphatic carbocycles. The monoisotopic (exact) mass is 496 g/mol. The van der Waals surface area contributed by atoms with E-state index in [-0.39, 0.29) is 34.2 Å². The SMILES string of the molecule is COc1ccc(S(=O)(=O)Cc2ccc(C3=NN(C(C)=O)C(c4ccc(F)cc4)C3)cc2)c(OC)c1. The molecule has 4 rings (SSSR count). The molecule has 7 nitrogen and oxygen atoms in total. The normalized spacial score (nSPS) is 15.6. The number of sulfone groups is 1. The van der Waals surface area contributed by atoms with E-state index in [4.69, 9.17) is 9.47 Å². The number of benzene rings is 3. The highest BCUT2D eigenvalue weighted by molar-refractivity contribution is 7.90. The number of ether oxygens (including phenoxy) is 2. The molecule has 0 spiro atoms. The number of nitrogens with zero attached hydrogens (tertiary/aromatic N) is 2. The van der Waals surface area contributed by atoms with E-state index in [0.717, 1.165) is 11.1 Å². The molecule has 35 heavy (non-hydrogen) atoms. The molecule has 1 aliphatic rings. The average Bonchev–Trinajstić information content (AvgIpc) is 3.30. The van der Waals surface area contributed by atoms with Crippen LogP contribution in [-0.2, 0) is 20.4 Å². The van der Waals surface area contributed by atoms with Gasteiger partial charge < -0.3 is 9.47 Å². The van der Waals surface area contributed by atoms with Gasteiger partial charge in [-0.15, -0.1) is 0 Å². The number of carbonyl (C=O) groups excluding carboxylic acids is 1. The predicted molar refractivity (Wildman–Crippen MR) is 130 cm³/mol. The van der Waals surface area contributed by atoms with Gasteiger partial charge in [0.15, 0.2) is 9.84 Å². The van der Waals surface area contributed by atoms with Crippen LogP contribution >= 0.6 is 0 Å². The Hall–Kier alpha value is -3.72. The molecule has 3 aromatic rings. The standard InChI is InChI=1S/C26H25FN2O5S/c1-17(30)29-24(20-8-10-21(27)11-9-20)15-23(28-29)19-6-4-18(5-7-19)16-35(31,32)26-13-12-22(33-2)14-25(26)34-3/h4-14,24H,15-16H2,1-3H3. The first kappa shape index (κ1) is 24.4. The number of hydrogen-bond donors (Lipinski definition) is 0. The van der Waals surface area contributed by atoms with Crippen molar-refractivity contribution in [2.24, 2.45) is 5.10 Å². The second-order valence-electron chi connectivity index (χ2n) is 8.15. The molecule has 182 valence electrons. The zero-order valence-corrected chi connectivity index (χ0v) is 20.4. The maximum Gasteiger partial charge on any atom is 0.240 e. The summed E-state index contributed by atoms with van der Waals surface area (Å²) in [5, 5.41) is 5.89. The van der Waals surface area contributed by atoms with E-state index < -0.39 is 9.84 Å². The van der Waals surface area contributed by atoms with E-state index in [0.29, 0.717) is 23.4 Å². The Balaban J connectivity index is 1.54. The highest BCUT2D eigenvalue weighted by Crippen LogP contribution is 2.34. The van der Waals surface area contributed by atoms with Gasteiger partial charge >= 0.3 is 0 Å². The molecule has 0 fully saturated rings. The number of rotatable bonds is 7. The van der Waals surface area contributed by atoms with Crippen molar-refractivity contribution >= 4 is 21.5 Å². The summed E-state index contributed by atoms with van der Waals surface area (Å²) in [6.07, 6.45) is 0.464. The second kappa shape index (κ2) is 9.87. The first-order chi connectivity index (χ1) is 16.7. The van der Waals surface area contributed by atoms with Gasteiger partial charge in [0.05, 0.1) is 31.7 Å². The van der Waals surface area contributed by atoms with E-state index in [2.05, 4.69) is 5.10 Å². The lowest BCUT2D eigenvalue weighted by Crippen LogP contribution is -2.24. The second-order valence-corrected chi connectivity index (χ2v) is 10.1. The van der Waals surface area contributed by atoms with Crippen LogP contribution in [0.4, 0.5) is 4.39 Å². The molecule has 0 saturated carbocycles. The molecular weight excluding hydrogens is 471 g/mol. The Morgan fingerprint density at radius 3 is 2.31 bits per heavy atom. The van der Waals surface area contributed by atoms with Gasteiger partial charge in [0.2, 0.25) is 5.91 Å². The molecule has 0 bridgehead atoms. The lowest BCUT2D eigenvalue weighted by Gasteiger charge is -2.20. The minimum absolute atomic E-state index is 0.0873. The van der Waals surface area contributed by atoms with Crippen LogP contribution in [-0.4, -0.2) is 39.3 Å². The third kappa shape index (κ3) is 5.19. The average molecular weight is 497 g/mol. The van der Waals surface area contributed by atoms with Gasteiger partial charge in [-0.2, -0.15) is 5.10 Å². The molecule has 1 aliphatic heterocycles. The number of carbonyl (C=O) groups is 1. The first-order valence-electron chi connectivity index (χ1n) is 10.9. The van der Waals surface area contributed by atoms with Gasteiger partial charge in [-0.3, -0.25) is 4.79 Å². The summed E-state index contributed by atoms with van der Waals surface area (Å²) in [6, 6.07) is 17.3. The summed E-state index contributed by atoms with van der Waals surface area (Å²) >= 11 is 0. The molecule has 0 N–H and O–H groups in total. The zero-order valence-electron chi connectivity index (χ0n) is 19.6. The summed E-state index contributed by atoms with van der Waals surface area (Å²) in [6.45, 7) is 1.43. The van der Waals surface area contributed by atoms with Crippen molar-refractivity contribution < 1.29 is 27.1 Å². The van der Waals surface area contributed by atoms with Crippen molar-refractivity contribution in [3.8, 4) is 11.5 Å². The summed E-state index contributed by atoms with van der Waals surface area (Å²) in [5.74, 6) is -0.0516. The van der Waals surface area contributed by atoms with Crippen LogP contribution in [0.2, 0.25) is 0 Å². The van der Waals surface area contributed by atoms with Gasteiger partial charge in [0.25, 0.3) is 0 Å². The molecule has 1 unspecified atom stereocenters. The number of amides is 1. The maximum absolute atomic E-state index is 13.3. The fraction of sp³-hybridized carbons (Fsp3) is 0.231. The van der Waals surface area contributed by atoms with E-state index >= 15 is 0 Å². The molecule has 3 aromatic carbocycles. The van der Waals surface area contributed by atoms with Crippen LogP contribution in [0.25, 0.3) is 0 Å². The molecular formula is C26H25FN2O5S. The molecule has 1 atom stereocenters. The van der Waals surface area contributed by atoms with Crippen molar-refractivity contribution in [1.82, 2.24) is 5.01 Å². The Morgan fingerprint density at radius 1 is 1.03 bits per heavy atom. The number of hydrogen-bond acceptors (Lipinski definition) is 6. The number of methoxy groups -OCH3 is 2. The third-order valence-corrected chi connectivity index (χ3v) is 7.56. The largest absolute Gasteiger partial charge is 0.497 e. The number of halogens is 1. The van der Waals surface area contributed by atoms with E-state index in [1.165, 1.54) is 50.4 Å². The van der Waals surface area contributed by atoms with E-state index in [9.17, 15) is 17.6 Å². The summed E-state index contributed by atoms with van der Waals surface area (Å²) in [7, 11) is -0.768. The molecule has 1 heterocycles. The smallest absolute Gasteiger partial charge is 0.240 e. The van der Waals surface area contributed by atoms with Crippen LogP contribution in [0, 0.1) is 5.82 Å². The van der Waals surface area contributed by atoms with Crippen LogP contribution < -0.4 is 9.47 Å². The van der Waals surface area contributed by atoms with Crippen molar-refractivity contribution in [3.63, 3.8) is 0 Å². The molecule has 0 saturated heterocycles. The lowest BCUT2D eigenvalue weighted by molar-refractivity contribution is -0.130. The maximum atomic E-state index is 13.3. The fourth-order valence-electron chi connectivity index (χ4n) is 4.04. The molecule has 0 aromatic heterocycles. The topological polar surface area (TPSA) is 85.3 Å². The third-order valence-electron chi connectivity index (χ3n) is 5.84. The van der Waals surface area contributed by atoms with Crippen LogP contribution in [0.3, 0.4) is 0 Å². The minimum atomic E-state index is -3.68. The number of hydrazone groups is 1. The summed E-state index contributed by atoms with van der Waals surface area (Å²) in [4.78, 5) is 12.3. The van der Waals surface area contributed by atoms with Gasteiger partial charge in [0, 0.05) is 19.4 Å². The predicted octanol–water partition coefficient (Wildman–Crippen LogP) is 4.51. The highest BCUT2D eigenvalue weighted by Gasteiger charge is 2.31. The Kier molecular flexibility index (Phi) is 6.88. The van der Waals surface area contributed by atoms with Gasteiger partial charge in [-0.25, -0.2) is 17.8 Å². The molecule has 9 heteroatoms. The van der Waals surface area contributed by atoms with Gasteiger partial charge in [-0.05, 0) is 41.0 Å². The van der Waals surface area contributed by atoms with Crippen molar-refractivity contribution in [2.45, 2.75) is 30.0 Å². The summed E-state index contributed by atoms with van der Waals surface area (Å²) < 4.78 is 49.8. The minimum Gasteiger partial charge on any atom is -0.497 e.